The Balaban J connectivity index is 1.78. The van der Waals surface area contributed by atoms with Crippen LogP contribution in [-0.2, 0) is 0 Å². The van der Waals surface area contributed by atoms with Crippen molar-refractivity contribution >= 4 is 33.9 Å². The van der Waals surface area contributed by atoms with Crippen molar-refractivity contribution in [3.8, 4) is 0 Å². The molecule has 0 radical (unpaired) electrons. The van der Waals surface area contributed by atoms with Crippen LogP contribution < -0.4 is 16.4 Å². The molecule has 2 aromatic rings. The lowest BCUT2D eigenvalue weighted by atomic mass is 10.2. The smallest absolute Gasteiger partial charge is 0.269 e. The highest BCUT2D eigenvalue weighted by atomic mass is 32.1. The highest BCUT2D eigenvalue weighted by molar-refractivity contribution is 7.18. The van der Waals surface area contributed by atoms with Crippen molar-refractivity contribution < 1.29 is 9.18 Å². The Kier molecular flexibility index (Phi) is 3.50. The molecule has 0 aliphatic heterocycles. The number of aromatic nitrogens is 1. The molecule has 0 atom stereocenters. The fraction of sp³-hybridized carbons (Fsp3) is 0.286. The zero-order chi connectivity index (χ0) is 15.0. The maximum absolute atomic E-state index is 13.5. The van der Waals surface area contributed by atoms with Crippen molar-refractivity contribution in [3.63, 3.8) is 0 Å². The zero-order valence-electron chi connectivity index (χ0n) is 11.4. The van der Waals surface area contributed by atoms with Crippen molar-refractivity contribution in [3.05, 3.63) is 34.5 Å². The minimum absolute atomic E-state index is 0.190. The summed E-state index contributed by atoms with van der Waals surface area (Å²) in [5, 5.41) is 6.53. The minimum Gasteiger partial charge on any atom is -0.382 e. The molecule has 0 unspecified atom stereocenters. The largest absolute Gasteiger partial charge is 0.382 e. The van der Waals surface area contributed by atoms with Gasteiger partial charge >= 0.3 is 0 Å². The lowest BCUT2D eigenvalue weighted by Crippen LogP contribution is -2.13. The third kappa shape index (κ3) is 2.97. The monoisotopic (exact) mass is 306 g/mol. The number of amides is 1. The summed E-state index contributed by atoms with van der Waals surface area (Å²) in [6.07, 6.45) is 2.23. The van der Waals surface area contributed by atoms with Crippen LogP contribution in [0.3, 0.4) is 0 Å². The van der Waals surface area contributed by atoms with E-state index in [1.54, 1.807) is 19.1 Å². The Labute approximate surface area is 125 Å². The summed E-state index contributed by atoms with van der Waals surface area (Å²) < 4.78 is 13.5. The van der Waals surface area contributed by atoms with Crippen molar-refractivity contribution in [1.29, 1.82) is 0 Å². The molecular weight excluding hydrogens is 291 g/mol. The van der Waals surface area contributed by atoms with Gasteiger partial charge in [0.1, 0.15) is 16.5 Å². The molecule has 0 spiro atoms. The quantitative estimate of drug-likeness (QED) is 0.811. The molecule has 1 heterocycles. The summed E-state index contributed by atoms with van der Waals surface area (Å²) in [6, 6.07) is 4.99. The van der Waals surface area contributed by atoms with Crippen LogP contribution in [0, 0.1) is 12.7 Å². The molecule has 1 saturated carbocycles. The van der Waals surface area contributed by atoms with E-state index in [2.05, 4.69) is 15.6 Å². The first kappa shape index (κ1) is 13.8. The molecule has 7 heteroatoms. The van der Waals surface area contributed by atoms with Gasteiger partial charge in [-0.25, -0.2) is 9.37 Å². The predicted octanol–water partition coefficient (Wildman–Crippen LogP) is 3.00. The highest BCUT2D eigenvalue weighted by Gasteiger charge is 2.24. The number of thiazole rings is 1. The fourth-order valence-corrected chi connectivity index (χ4v) is 2.74. The number of nitrogens with one attached hydrogen (secondary N) is 2. The number of anilines is 3. The highest BCUT2D eigenvalue weighted by Crippen LogP contribution is 2.31. The number of carbonyl (C=O) groups is 1. The molecule has 1 aliphatic rings. The number of nitrogens with two attached hydrogens (primary N) is 1. The Morgan fingerprint density at radius 2 is 2.24 bits per heavy atom. The SMILES string of the molecule is Cc1c(F)cccc1NC(=O)c1sc(NC2CC2)nc1N. The van der Waals surface area contributed by atoms with Crippen LogP contribution in [0.25, 0.3) is 0 Å². The molecule has 110 valence electrons. The van der Waals surface area contributed by atoms with Gasteiger partial charge in [-0.15, -0.1) is 0 Å². The zero-order valence-corrected chi connectivity index (χ0v) is 12.3. The van der Waals surface area contributed by atoms with E-state index in [0.29, 0.717) is 27.3 Å². The van der Waals surface area contributed by atoms with Crippen LogP contribution in [-0.4, -0.2) is 16.9 Å². The number of rotatable bonds is 4. The van der Waals surface area contributed by atoms with E-state index in [4.69, 9.17) is 5.73 Å². The number of nitrogens with zero attached hydrogens (tertiary/aromatic N) is 1. The van der Waals surface area contributed by atoms with E-state index < -0.39 is 0 Å². The Morgan fingerprint density at radius 3 is 2.95 bits per heavy atom. The number of halogens is 1. The molecule has 0 bridgehead atoms. The van der Waals surface area contributed by atoms with Crippen LogP contribution in [0.4, 0.5) is 21.0 Å². The van der Waals surface area contributed by atoms with Crippen LogP contribution >= 0.6 is 11.3 Å². The average molecular weight is 306 g/mol. The second kappa shape index (κ2) is 5.33. The van der Waals surface area contributed by atoms with Crippen LogP contribution in [0.15, 0.2) is 18.2 Å². The average Bonchev–Trinajstić information content (AvgIpc) is 3.17. The first-order chi connectivity index (χ1) is 10.0. The van der Waals surface area contributed by atoms with Gasteiger partial charge in [-0.1, -0.05) is 17.4 Å². The molecule has 21 heavy (non-hydrogen) atoms. The molecule has 1 amide bonds. The third-order valence-electron chi connectivity index (χ3n) is 3.28. The van der Waals surface area contributed by atoms with E-state index in [1.807, 2.05) is 0 Å². The summed E-state index contributed by atoms with van der Waals surface area (Å²) in [4.78, 5) is 16.7. The van der Waals surface area contributed by atoms with Gasteiger partial charge < -0.3 is 16.4 Å². The van der Waals surface area contributed by atoms with E-state index in [-0.39, 0.29) is 17.5 Å². The van der Waals surface area contributed by atoms with Gasteiger partial charge in [0.05, 0.1) is 0 Å². The molecule has 1 fully saturated rings. The molecule has 1 aromatic heterocycles. The van der Waals surface area contributed by atoms with Gasteiger partial charge in [0.15, 0.2) is 5.13 Å². The number of benzene rings is 1. The van der Waals surface area contributed by atoms with E-state index >= 15 is 0 Å². The summed E-state index contributed by atoms with van der Waals surface area (Å²) >= 11 is 1.21. The van der Waals surface area contributed by atoms with Crippen molar-refractivity contribution in [2.24, 2.45) is 0 Å². The maximum Gasteiger partial charge on any atom is 0.269 e. The topological polar surface area (TPSA) is 80.0 Å². The van der Waals surface area contributed by atoms with Gasteiger partial charge in [0.25, 0.3) is 5.91 Å². The third-order valence-corrected chi connectivity index (χ3v) is 4.28. The van der Waals surface area contributed by atoms with Crippen LogP contribution in [0.5, 0.6) is 0 Å². The van der Waals surface area contributed by atoms with Gasteiger partial charge in [0.2, 0.25) is 0 Å². The Hall–Kier alpha value is -2.15. The normalized spacial score (nSPS) is 14.0. The summed E-state index contributed by atoms with van der Waals surface area (Å²) in [5.74, 6) is -0.543. The molecule has 0 saturated heterocycles. The minimum atomic E-state index is -0.373. The molecule has 3 rings (SSSR count). The van der Waals surface area contributed by atoms with E-state index in [1.165, 1.54) is 17.4 Å². The predicted molar refractivity (Wildman–Crippen MR) is 82.3 cm³/mol. The van der Waals surface area contributed by atoms with Crippen molar-refractivity contribution in [2.75, 3.05) is 16.4 Å². The van der Waals surface area contributed by atoms with Crippen molar-refractivity contribution in [1.82, 2.24) is 4.98 Å². The summed E-state index contributed by atoms with van der Waals surface area (Å²) in [6.45, 7) is 1.61. The summed E-state index contributed by atoms with van der Waals surface area (Å²) in [5.41, 5.74) is 6.61. The molecule has 1 aromatic carbocycles. The van der Waals surface area contributed by atoms with Gasteiger partial charge in [-0.3, -0.25) is 4.79 Å². The van der Waals surface area contributed by atoms with Gasteiger partial charge in [0, 0.05) is 17.3 Å². The second-order valence-electron chi connectivity index (χ2n) is 5.02. The molecule has 5 nitrogen and oxygen atoms in total. The number of carbonyl (C=O) groups excluding carboxylic acids is 1. The second-order valence-corrected chi connectivity index (χ2v) is 6.02. The van der Waals surface area contributed by atoms with Crippen molar-refractivity contribution in [2.45, 2.75) is 25.8 Å². The molecule has 1 aliphatic carbocycles. The first-order valence-corrected chi connectivity index (χ1v) is 7.45. The first-order valence-electron chi connectivity index (χ1n) is 6.64. The van der Waals surface area contributed by atoms with Crippen LogP contribution in [0.1, 0.15) is 28.1 Å². The van der Waals surface area contributed by atoms with E-state index in [9.17, 15) is 9.18 Å². The Morgan fingerprint density at radius 1 is 1.48 bits per heavy atom. The lowest BCUT2D eigenvalue weighted by Gasteiger charge is -2.07. The molecule has 4 N–H and O–H groups in total. The van der Waals surface area contributed by atoms with Gasteiger partial charge in [-0.2, -0.15) is 0 Å². The maximum atomic E-state index is 13.5. The standard InChI is InChI=1S/C14H15FN4OS/c1-7-9(15)3-2-4-10(7)18-13(20)11-12(16)19-14(21-11)17-8-5-6-8/h2-4,8H,5-6,16H2,1H3,(H,17,19)(H,18,20). The summed E-state index contributed by atoms with van der Waals surface area (Å²) in [7, 11) is 0. The van der Waals surface area contributed by atoms with E-state index in [0.717, 1.165) is 12.8 Å². The number of nitrogen functional groups attached to an aromatic ring is 1. The number of hydrogen-bond acceptors (Lipinski definition) is 5. The lowest BCUT2D eigenvalue weighted by molar-refractivity contribution is 0.103. The fourth-order valence-electron chi connectivity index (χ4n) is 1.88. The Bertz CT molecular complexity index is 696. The number of hydrogen-bond donors (Lipinski definition) is 3. The van der Waals surface area contributed by atoms with Crippen LogP contribution in [0.2, 0.25) is 0 Å². The molecular formula is C14H15FN4OS. The van der Waals surface area contributed by atoms with Gasteiger partial charge in [-0.05, 0) is 31.9 Å².